The van der Waals surface area contributed by atoms with Gasteiger partial charge in [0.25, 0.3) is 5.78 Å². The van der Waals surface area contributed by atoms with Crippen molar-refractivity contribution in [3.8, 4) is 0 Å². The number of Topliss-reactive ketones (excluding diaryl/α,β-unsaturated/α-hetero) is 1. The maximum atomic E-state index is 12.4. The van der Waals surface area contributed by atoms with Crippen molar-refractivity contribution in [3.63, 3.8) is 0 Å². The van der Waals surface area contributed by atoms with E-state index in [1.165, 1.54) is 6.92 Å². The molecule has 0 fully saturated rings. The third kappa shape index (κ3) is 5.07. The molecule has 9 nitrogen and oxygen atoms in total. The summed E-state index contributed by atoms with van der Waals surface area (Å²) in [5, 5.41) is 0.572. The van der Waals surface area contributed by atoms with Gasteiger partial charge >= 0.3 is 17.9 Å². The minimum absolute atomic E-state index is 0.0136. The number of carbonyl (C=O) groups is 4. The Labute approximate surface area is 167 Å². The highest BCUT2D eigenvalue weighted by Gasteiger charge is 2.33. The number of esters is 3. The van der Waals surface area contributed by atoms with E-state index in [1.807, 2.05) is 0 Å². The summed E-state index contributed by atoms with van der Waals surface area (Å²) in [5.41, 5.74) is 0.775. The normalized spacial score (nSPS) is 12.0. The molecule has 2 aromatic rings. The number of hydrogen-bond acceptors (Lipinski definition) is 8. The van der Waals surface area contributed by atoms with Crippen LogP contribution in [0.15, 0.2) is 29.3 Å². The van der Waals surface area contributed by atoms with Crippen LogP contribution in [0.4, 0.5) is 5.82 Å². The molecule has 0 radical (unpaired) electrons. The Bertz CT molecular complexity index is 945. The molecule has 1 N–H and O–H groups in total. The minimum atomic E-state index is -1.60. The van der Waals surface area contributed by atoms with Gasteiger partial charge in [-0.25, -0.2) is 14.6 Å². The largest absolute Gasteiger partial charge is 0.465 e. The van der Waals surface area contributed by atoms with E-state index in [1.54, 1.807) is 38.1 Å². The number of H-pyrrole nitrogens is 1. The number of fused-ring (bicyclic) bond motifs is 1. The van der Waals surface area contributed by atoms with E-state index in [0.29, 0.717) is 10.9 Å². The smallest absolute Gasteiger partial charge is 0.375 e. The van der Waals surface area contributed by atoms with E-state index in [9.17, 15) is 19.2 Å². The summed E-state index contributed by atoms with van der Waals surface area (Å²) in [5.74, 6) is -5.34. The number of nitrogens with zero attached hydrogens (tertiary/aromatic N) is 1. The Hall–Kier alpha value is -3.49. The predicted octanol–water partition coefficient (Wildman–Crippen LogP) is 2.36. The zero-order valence-corrected chi connectivity index (χ0v) is 16.4. The first kappa shape index (κ1) is 21.8. The van der Waals surface area contributed by atoms with Crippen LogP contribution < -0.4 is 0 Å². The number of aromatic amines is 1. The van der Waals surface area contributed by atoms with Crippen LogP contribution in [0.1, 0.15) is 31.1 Å². The third-order valence-corrected chi connectivity index (χ3v) is 3.82. The Kier molecular flexibility index (Phi) is 7.64. The fourth-order valence-electron chi connectivity index (χ4n) is 2.58. The SMILES string of the molecule is CCOC(=O)C(=O)C(/C=N\c1[nH]c2ccccc2c1C(=O)OCC)C(=O)OCC. The number of para-hydroxylation sites is 1. The Morgan fingerprint density at radius 2 is 1.66 bits per heavy atom. The summed E-state index contributed by atoms with van der Waals surface area (Å²) in [6, 6.07) is 6.97. The van der Waals surface area contributed by atoms with Gasteiger partial charge in [0.05, 0.1) is 19.8 Å². The highest BCUT2D eigenvalue weighted by molar-refractivity contribution is 6.41. The van der Waals surface area contributed by atoms with Gasteiger partial charge in [0.15, 0.2) is 5.92 Å². The second-order valence-electron chi connectivity index (χ2n) is 5.71. The van der Waals surface area contributed by atoms with Crippen molar-refractivity contribution >= 4 is 46.6 Å². The van der Waals surface area contributed by atoms with Gasteiger partial charge in [0.1, 0.15) is 11.4 Å². The molecule has 0 spiro atoms. The number of nitrogens with one attached hydrogen (secondary N) is 1. The second kappa shape index (κ2) is 10.2. The van der Waals surface area contributed by atoms with Gasteiger partial charge in [-0.1, -0.05) is 18.2 Å². The van der Waals surface area contributed by atoms with Crippen LogP contribution in [0.25, 0.3) is 10.9 Å². The molecule has 0 aliphatic heterocycles. The molecule has 1 heterocycles. The summed E-state index contributed by atoms with van der Waals surface area (Å²) in [7, 11) is 0. The van der Waals surface area contributed by atoms with E-state index in [-0.39, 0.29) is 31.2 Å². The van der Waals surface area contributed by atoms with Gasteiger partial charge < -0.3 is 19.2 Å². The molecule has 9 heteroatoms. The average molecular weight is 402 g/mol. The molecule has 0 bridgehead atoms. The summed E-state index contributed by atoms with van der Waals surface area (Å²) in [6.45, 7) is 4.93. The van der Waals surface area contributed by atoms with Crippen LogP contribution in [0.5, 0.6) is 0 Å². The lowest BCUT2D eigenvalue weighted by molar-refractivity contribution is -0.159. The van der Waals surface area contributed by atoms with Gasteiger partial charge in [-0.2, -0.15) is 0 Å². The number of rotatable bonds is 9. The van der Waals surface area contributed by atoms with Crippen LogP contribution in [-0.2, 0) is 28.6 Å². The maximum Gasteiger partial charge on any atom is 0.375 e. The zero-order chi connectivity index (χ0) is 21.4. The molecule has 0 aliphatic rings. The lowest BCUT2D eigenvalue weighted by Gasteiger charge is -2.09. The van der Waals surface area contributed by atoms with Crippen LogP contribution in [0, 0.1) is 5.92 Å². The van der Waals surface area contributed by atoms with E-state index >= 15 is 0 Å². The van der Waals surface area contributed by atoms with Gasteiger partial charge in [-0.3, -0.25) is 9.59 Å². The van der Waals surface area contributed by atoms with E-state index < -0.39 is 29.6 Å². The number of aromatic nitrogens is 1. The topological polar surface area (TPSA) is 124 Å². The molecule has 1 aromatic heterocycles. The van der Waals surface area contributed by atoms with Crippen LogP contribution in [0.2, 0.25) is 0 Å². The Morgan fingerprint density at radius 3 is 2.31 bits per heavy atom. The molecule has 29 heavy (non-hydrogen) atoms. The number of ketones is 1. The first-order valence-electron chi connectivity index (χ1n) is 9.14. The number of aliphatic imine (C=N–C) groups is 1. The summed E-state index contributed by atoms with van der Waals surface area (Å²) in [4.78, 5) is 55.7. The molecule has 1 unspecified atom stereocenters. The highest BCUT2D eigenvalue weighted by Crippen LogP contribution is 2.29. The molecule has 2 rings (SSSR count). The molecular formula is C20H22N2O7. The summed E-state index contributed by atoms with van der Waals surface area (Å²) < 4.78 is 14.6. The Balaban J connectivity index is 2.46. The molecule has 0 saturated carbocycles. The molecule has 0 aliphatic carbocycles. The average Bonchev–Trinajstić information content (AvgIpc) is 3.07. The van der Waals surface area contributed by atoms with Crippen molar-refractivity contribution in [1.82, 2.24) is 4.98 Å². The first-order chi connectivity index (χ1) is 13.9. The van der Waals surface area contributed by atoms with Crippen molar-refractivity contribution in [1.29, 1.82) is 0 Å². The third-order valence-electron chi connectivity index (χ3n) is 3.82. The zero-order valence-electron chi connectivity index (χ0n) is 16.4. The number of ether oxygens (including phenoxy) is 3. The van der Waals surface area contributed by atoms with Gasteiger partial charge in [-0.05, 0) is 26.8 Å². The molecule has 0 saturated heterocycles. The fourth-order valence-corrected chi connectivity index (χ4v) is 2.58. The van der Waals surface area contributed by atoms with E-state index in [4.69, 9.17) is 9.47 Å². The number of benzene rings is 1. The molecule has 1 atom stereocenters. The fraction of sp³-hybridized carbons (Fsp3) is 0.350. The van der Waals surface area contributed by atoms with Crippen molar-refractivity contribution in [2.45, 2.75) is 20.8 Å². The van der Waals surface area contributed by atoms with E-state index in [2.05, 4.69) is 14.7 Å². The molecule has 0 amide bonds. The second-order valence-corrected chi connectivity index (χ2v) is 5.71. The van der Waals surface area contributed by atoms with Crippen molar-refractivity contribution < 1.29 is 33.4 Å². The van der Waals surface area contributed by atoms with Gasteiger partial charge in [0.2, 0.25) is 0 Å². The minimum Gasteiger partial charge on any atom is -0.465 e. The summed E-state index contributed by atoms with van der Waals surface area (Å²) in [6.07, 6.45) is 0.963. The molecule has 1 aromatic carbocycles. The van der Waals surface area contributed by atoms with Crippen LogP contribution >= 0.6 is 0 Å². The van der Waals surface area contributed by atoms with Crippen molar-refractivity contribution in [2.75, 3.05) is 19.8 Å². The standard InChI is InChI=1S/C20H22N2O7/c1-4-27-18(24)13(16(23)20(26)29-6-3)11-21-17-15(19(25)28-5-2)12-9-7-8-10-14(12)22-17/h7-11,13,22H,4-6H2,1-3H3/b21-11-. The van der Waals surface area contributed by atoms with Crippen molar-refractivity contribution in [3.05, 3.63) is 29.8 Å². The first-order valence-corrected chi connectivity index (χ1v) is 9.14. The lowest BCUT2D eigenvalue weighted by atomic mass is 10.1. The highest BCUT2D eigenvalue weighted by atomic mass is 16.5. The predicted molar refractivity (Wildman–Crippen MR) is 104 cm³/mol. The van der Waals surface area contributed by atoms with Gasteiger partial charge in [0, 0.05) is 17.1 Å². The number of hydrogen-bond donors (Lipinski definition) is 1. The Morgan fingerprint density at radius 1 is 1.00 bits per heavy atom. The van der Waals surface area contributed by atoms with Crippen LogP contribution in [-0.4, -0.2) is 54.7 Å². The molecular weight excluding hydrogens is 380 g/mol. The van der Waals surface area contributed by atoms with Crippen LogP contribution in [0.3, 0.4) is 0 Å². The lowest BCUT2D eigenvalue weighted by Crippen LogP contribution is -2.34. The van der Waals surface area contributed by atoms with Gasteiger partial charge in [-0.15, -0.1) is 0 Å². The quantitative estimate of drug-likeness (QED) is 0.224. The summed E-state index contributed by atoms with van der Waals surface area (Å²) >= 11 is 0. The molecule has 154 valence electrons. The number of carbonyl (C=O) groups excluding carboxylic acids is 4. The maximum absolute atomic E-state index is 12.4. The van der Waals surface area contributed by atoms with E-state index in [0.717, 1.165) is 6.21 Å². The monoisotopic (exact) mass is 402 g/mol. The van der Waals surface area contributed by atoms with Crippen molar-refractivity contribution in [2.24, 2.45) is 10.9 Å².